The summed E-state index contributed by atoms with van der Waals surface area (Å²) < 4.78 is 7.23. The molecule has 0 atom stereocenters. The van der Waals surface area contributed by atoms with E-state index in [-0.39, 0.29) is 11.9 Å². The Kier molecular flexibility index (Phi) is 6.32. The molecule has 0 bridgehead atoms. The van der Waals surface area contributed by atoms with Gasteiger partial charge in [0, 0.05) is 12.1 Å². The van der Waals surface area contributed by atoms with E-state index < -0.39 is 5.60 Å². The minimum Gasteiger partial charge on any atom is -0.496 e. The molecule has 186 valence electrons. The van der Waals surface area contributed by atoms with Crippen LogP contribution in [0.5, 0.6) is 5.75 Å². The van der Waals surface area contributed by atoms with Gasteiger partial charge in [0.05, 0.1) is 29.7 Å². The predicted octanol–water partition coefficient (Wildman–Crippen LogP) is 3.88. The maximum Gasteiger partial charge on any atom is 0.255 e. The summed E-state index contributed by atoms with van der Waals surface area (Å²) in [6.07, 6.45) is 4.52. The molecule has 0 spiro atoms. The van der Waals surface area contributed by atoms with Crippen LogP contribution in [0.1, 0.15) is 54.6 Å². The van der Waals surface area contributed by atoms with Crippen molar-refractivity contribution in [3.8, 4) is 17.0 Å². The molecule has 0 aliphatic heterocycles. The third-order valence-electron chi connectivity index (χ3n) is 6.93. The van der Waals surface area contributed by atoms with E-state index >= 15 is 0 Å². The maximum atomic E-state index is 12.6. The Morgan fingerprint density at radius 2 is 1.89 bits per heavy atom. The van der Waals surface area contributed by atoms with Crippen molar-refractivity contribution in [3.05, 3.63) is 66.0 Å². The smallest absolute Gasteiger partial charge is 0.255 e. The lowest BCUT2D eigenvalue weighted by molar-refractivity contribution is 0.00900. The average Bonchev–Trinajstić information content (AvgIpc) is 3.28. The van der Waals surface area contributed by atoms with Crippen LogP contribution in [0.25, 0.3) is 22.3 Å². The zero-order chi connectivity index (χ0) is 25.3. The molecule has 2 aromatic heterocycles. The Morgan fingerprint density at radius 3 is 2.61 bits per heavy atom. The number of nitrogens with zero attached hydrogens (tertiary/aromatic N) is 4. The molecule has 1 amide bonds. The quantitative estimate of drug-likeness (QED) is 0.377. The number of carbonyl (C=O) groups is 1. The lowest BCUT2D eigenvalue weighted by Crippen LogP contribution is -2.31. The summed E-state index contributed by atoms with van der Waals surface area (Å²) >= 11 is 0. The molecule has 1 aliphatic carbocycles. The number of rotatable bonds is 6. The molecule has 1 fully saturated rings. The molecule has 1 aliphatic rings. The SMILES string of the molecule is COc1ccccc1C(=O)NCc1ccc(-c2nn(C3CCC(C)(O)CC3)c3ncnc(N)c23)cc1. The summed E-state index contributed by atoms with van der Waals surface area (Å²) in [6, 6.07) is 15.1. The zero-order valence-electron chi connectivity index (χ0n) is 20.4. The van der Waals surface area contributed by atoms with Gasteiger partial charge in [-0.3, -0.25) is 4.79 Å². The van der Waals surface area contributed by atoms with Crippen LogP contribution in [0.2, 0.25) is 0 Å². The number of hydrogen-bond acceptors (Lipinski definition) is 7. The van der Waals surface area contributed by atoms with Crippen LogP contribution in [0.15, 0.2) is 54.9 Å². The number of hydrogen-bond donors (Lipinski definition) is 3. The van der Waals surface area contributed by atoms with E-state index in [1.165, 1.54) is 6.33 Å². The van der Waals surface area contributed by atoms with Gasteiger partial charge in [0.15, 0.2) is 5.65 Å². The van der Waals surface area contributed by atoms with Gasteiger partial charge >= 0.3 is 0 Å². The summed E-state index contributed by atoms with van der Waals surface area (Å²) in [5, 5.41) is 19.0. The van der Waals surface area contributed by atoms with Gasteiger partial charge in [0.25, 0.3) is 5.91 Å². The predicted molar refractivity (Wildman–Crippen MR) is 137 cm³/mol. The third-order valence-corrected chi connectivity index (χ3v) is 6.93. The summed E-state index contributed by atoms with van der Waals surface area (Å²) in [6.45, 7) is 2.26. The Morgan fingerprint density at radius 1 is 1.17 bits per heavy atom. The maximum absolute atomic E-state index is 12.6. The fraction of sp³-hybridized carbons (Fsp3) is 0.333. The van der Waals surface area contributed by atoms with Gasteiger partial charge in [0.1, 0.15) is 23.6 Å². The van der Waals surface area contributed by atoms with Crippen molar-refractivity contribution in [2.24, 2.45) is 0 Å². The van der Waals surface area contributed by atoms with Crippen molar-refractivity contribution in [3.63, 3.8) is 0 Å². The number of nitrogens with two attached hydrogens (primary N) is 1. The van der Waals surface area contributed by atoms with Crippen LogP contribution in [0.3, 0.4) is 0 Å². The van der Waals surface area contributed by atoms with E-state index in [0.29, 0.717) is 42.2 Å². The molecule has 4 N–H and O–H groups in total. The number of aliphatic hydroxyl groups is 1. The van der Waals surface area contributed by atoms with Gasteiger partial charge < -0.3 is 20.9 Å². The number of benzene rings is 2. The zero-order valence-corrected chi connectivity index (χ0v) is 20.4. The van der Waals surface area contributed by atoms with Gasteiger partial charge in [0.2, 0.25) is 0 Å². The minimum atomic E-state index is -0.632. The first-order valence-corrected chi connectivity index (χ1v) is 12.1. The second-order valence-electron chi connectivity index (χ2n) is 9.56. The monoisotopic (exact) mass is 486 g/mol. The van der Waals surface area contributed by atoms with Gasteiger partial charge in [-0.05, 0) is 50.3 Å². The largest absolute Gasteiger partial charge is 0.496 e. The molecule has 2 heterocycles. The van der Waals surface area contributed by atoms with E-state index in [1.54, 1.807) is 25.3 Å². The van der Waals surface area contributed by atoms with E-state index in [4.69, 9.17) is 15.6 Å². The summed E-state index contributed by atoms with van der Waals surface area (Å²) in [5.74, 6) is 0.726. The third kappa shape index (κ3) is 4.61. The van der Waals surface area contributed by atoms with E-state index in [2.05, 4.69) is 15.3 Å². The van der Waals surface area contributed by atoms with Crippen molar-refractivity contribution in [2.45, 2.75) is 50.8 Å². The van der Waals surface area contributed by atoms with Crippen LogP contribution in [0.4, 0.5) is 5.82 Å². The molecule has 1 saturated carbocycles. The standard InChI is InChI=1S/C27H30N6O3/c1-27(35)13-11-19(12-14-27)33-25-22(24(28)30-16-31-25)23(32-33)18-9-7-17(8-10-18)15-29-26(34)20-5-3-4-6-21(20)36-2/h3-10,16,19,35H,11-15H2,1-2H3,(H,29,34)(H2,28,30,31). The number of nitrogen functional groups attached to an aromatic ring is 1. The molecular formula is C27H30N6O3. The highest BCUT2D eigenvalue weighted by molar-refractivity contribution is 5.98. The van der Waals surface area contributed by atoms with Crippen molar-refractivity contribution < 1.29 is 14.6 Å². The normalized spacial score (nSPS) is 19.8. The molecule has 36 heavy (non-hydrogen) atoms. The molecule has 5 rings (SSSR count). The van der Waals surface area contributed by atoms with Gasteiger partial charge in [-0.25, -0.2) is 14.6 Å². The number of methoxy groups -OCH3 is 1. The van der Waals surface area contributed by atoms with E-state index in [9.17, 15) is 9.90 Å². The topological polar surface area (TPSA) is 128 Å². The number of ether oxygens (including phenoxy) is 1. The van der Waals surface area contributed by atoms with E-state index in [1.807, 2.05) is 41.9 Å². The second-order valence-corrected chi connectivity index (χ2v) is 9.56. The molecular weight excluding hydrogens is 456 g/mol. The number of nitrogens with one attached hydrogen (secondary N) is 1. The summed E-state index contributed by atoms with van der Waals surface area (Å²) in [4.78, 5) is 21.3. The number of fused-ring (bicyclic) bond motifs is 1. The van der Waals surface area contributed by atoms with Crippen molar-refractivity contribution in [2.75, 3.05) is 12.8 Å². The van der Waals surface area contributed by atoms with Crippen molar-refractivity contribution >= 4 is 22.8 Å². The fourth-order valence-corrected chi connectivity index (χ4v) is 4.81. The molecule has 0 saturated heterocycles. The van der Waals surface area contributed by atoms with Gasteiger partial charge in [-0.1, -0.05) is 36.4 Å². The van der Waals surface area contributed by atoms with Crippen molar-refractivity contribution in [1.29, 1.82) is 0 Å². The highest BCUT2D eigenvalue weighted by Crippen LogP contribution is 2.38. The number of amides is 1. The molecule has 0 radical (unpaired) electrons. The van der Waals surface area contributed by atoms with E-state index in [0.717, 1.165) is 35.0 Å². The number of anilines is 1. The number of para-hydroxylation sites is 1. The van der Waals surface area contributed by atoms with Crippen molar-refractivity contribution in [1.82, 2.24) is 25.1 Å². The van der Waals surface area contributed by atoms with Crippen LogP contribution in [0, 0.1) is 0 Å². The van der Waals surface area contributed by atoms with Crippen LogP contribution in [-0.2, 0) is 6.54 Å². The highest BCUT2D eigenvalue weighted by Gasteiger charge is 2.31. The van der Waals surface area contributed by atoms with Crippen LogP contribution >= 0.6 is 0 Å². The number of aromatic nitrogens is 4. The molecule has 9 heteroatoms. The molecule has 2 aromatic carbocycles. The minimum absolute atomic E-state index is 0.139. The van der Waals surface area contributed by atoms with Gasteiger partial charge in [-0.2, -0.15) is 5.10 Å². The van der Waals surface area contributed by atoms with Crippen LogP contribution < -0.4 is 15.8 Å². The second kappa shape index (κ2) is 9.58. The molecule has 4 aromatic rings. The highest BCUT2D eigenvalue weighted by atomic mass is 16.5. The van der Waals surface area contributed by atoms with Crippen LogP contribution in [-0.4, -0.2) is 43.5 Å². The Balaban J connectivity index is 1.38. The molecule has 0 unspecified atom stereocenters. The Bertz CT molecular complexity index is 1390. The summed E-state index contributed by atoms with van der Waals surface area (Å²) in [5.41, 5.74) is 9.40. The first kappa shape index (κ1) is 23.7. The lowest BCUT2D eigenvalue weighted by atomic mass is 9.84. The summed E-state index contributed by atoms with van der Waals surface area (Å²) in [7, 11) is 1.55. The molecule has 9 nitrogen and oxygen atoms in total. The lowest BCUT2D eigenvalue weighted by Gasteiger charge is -2.33. The van der Waals surface area contributed by atoms with Gasteiger partial charge in [-0.15, -0.1) is 0 Å². The Hall–Kier alpha value is -3.98. The fourth-order valence-electron chi connectivity index (χ4n) is 4.81. The number of carbonyl (C=O) groups excluding carboxylic acids is 1. The Labute approximate surface area is 209 Å². The first-order valence-electron chi connectivity index (χ1n) is 12.1. The first-order chi connectivity index (χ1) is 17.4. The average molecular weight is 487 g/mol.